The summed E-state index contributed by atoms with van der Waals surface area (Å²) in [5, 5.41) is 3.26. The molecule has 0 fully saturated rings. The Morgan fingerprint density at radius 3 is 2.54 bits per heavy atom. The monoisotopic (exact) mass is 415 g/mol. The number of aryl methyl sites for hydroxylation is 1. The van der Waals surface area contributed by atoms with E-state index >= 15 is 0 Å². The van der Waals surface area contributed by atoms with Crippen LogP contribution in [0.15, 0.2) is 59.6 Å². The minimum absolute atomic E-state index is 0.0807. The van der Waals surface area contributed by atoms with Crippen molar-refractivity contribution in [2.45, 2.75) is 18.2 Å². The van der Waals surface area contributed by atoms with Crippen LogP contribution in [0.5, 0.6) is 0 Å². The summed E-state index contributed by atoms with van der Waals surface area (Å²) in [6.45, 7) is 1.77. The molecule has 6 nitrogen and oxygen atoms in total. The van der Waals surface area contributed by atoms with Crippen molar-refractivity contribution in [2.24, 2.45) is 0 Å². The Bertz CT molecular complexity index is 1090. The number of hydrogen-bond donors (Lipinski definition) is 1. The van der Waals surface area contributed by atoms with Gasteiger partial charge in [-0.2, -0.15) is 0 Å². The van der Waals surface area contributed by atoms with E-state index in [9.17, 15) is 13.2 Å². The van der Waals surface area contributed by atoms with E-state index in [-0.39, 0.29) is 10.8 Å². The van der Waals surface area contributed by atoms with Crippen LogP contribution in [0.25, 0.3) is 0 Å². The fraction of sp³-hybridized carbons (Fsp3) is 0.200. The number of benzene rings is 2. The van der Waals surface area contributed by atoms with Gasteiger partial charge < -0.3 is 0 Å². The number of anilines is 1. The summed E-state index contributed by atoms with van der Waals surface area (Å²) in [7, 11) is -0.698. The zero-order valence-electron chi connectivity index (χ0n) is 15.8. The van der Waals surface area contributed by atoms with Crippen molar-refractivity contribution in [1.82, 2.24) is 9.29 Å². The molecule has 0 atom stereocenters. The Kier molecular flexibility index (Phi) is 5.93. The SMILES string of the molecule is Cc1ccc(S(=O)(=O)N(C)C)cc1C(=O)Nc1ncc(Cc2ccccc2)s1. The quantitative estimate of drug-likeness (QED) is 0.668. The van der Waals surface area contributed by atoms with Crippen molar-refractivity contribution in [3.63, 3.8) is 0 Å². The number of sulfonamides is 1. The Morgan fingerprint density at radius 1 is 1.14 bits per heavy atom. The van der Waals surface area contributed by atoms with Gasteiger partial charge in [0.15, 0.2) is 5.13 Å². The lowest BCUT2D eigenvalue weighted by Crippen LogP contribution is -2.23. The molecular weight excluding hydrogens is 394 g/mol. The van der Waals surface area contributed by atoms with Gasteiger partial charge in [-0.25, -0.2) is 17.7 Å². The Labute approximate surface area is 168 Å². The maximum absolute atomic E-state index is 12.7. The number of hydrogen-bond acceptors (Lipinski definition) is 5. The van der Waals surface area contributed by atoms with Crippen molar-refractivity contribution in [2.75, 3.05) is 19.4 Å². The molecule has 1 heterocycles. The first-order chi connectivity index (χ1) is 13.3. The average Bonchev–Trinajstić information content (AvgIpc) is 3.09. The molecule has 0 bridgehead atoms. The summed E-state index contributed by atoms with van der Waals surface area (Å²) in [6, 6.07) is 14.5. The van der Waals surface area contributed by atoms with Crippen LogP contribution >= 0.6 is 11.3 Å². The number of amides is 1. The second kappa shape index (κ2) is 8.22. The molecule has 0 saturated carbocycles. The maximum atomic E-state index is 12.7. The van der Waals surface area contributed by atoms with Gasteiger partial charge in [0.2, 0.25) is 10.0 Å². The zero-order valence-corrected chi connectivity index (χ0v) is 17.5. The molecular formula is C20H21N3O3S2. The molecule has 0 radical (unpaired) electrons. The van der Waals surface area contributed by atoms with E-state index in [0.717, 1.165) is 15.6 Å². The van der Waals surface area contributed by atoms with Gasteiger partial charge in [-0.1, -0.05) is 36.4 Å². The number of nitrogens with zero attached hydrogens (tertiary/aromatic N) is 2. The highest BCUT2D eigenvalue weighted by molar-refractivity contribution is 7.89. The molecule has 0 unspecified atom stereocenters. The molecule has 146 valence electrons. The largest absolute Gasteiger partial charge is 0.298 e. The molecule has 0 saturated heterocycles. The summed E-state index contributed by atoms with van der Waals surface area (Å²) < 4.78 is 25.8. The molecule has 0 spiro atoms. The first-order valence-electron chi connectivity index (χ1n) is 8.60. The van der Waals surface area contributed by atoms with Gasteiger partial charge in [-0.3, -0.25) is 10.1 Å². The van der Waals surface area contributed by atoms with Crippen LogP contribution in [-0.2, 0) is 16.4 Å². The highest BCUT2D eigenvalue weighted by Gasteiger charge is 2.20. The molecule has 8 heteroatoms. The standard InChI is InChI=1S/C20H21N3O3S2/c1-14-9-10-17(28(25,26)23(2)3)12-18(14)19(24)22-20-21-13-16(27-20)11-15-7-5-4-6-8-15/h4-10,12-13H,11H2,1-3H3,(H,21,22,24). The fourth-order valence-corrected chi connectivity index (χ4v) is 4.40. The van der Waals surface area contributed by atoms with Gasteiger partial charge in [0.05, 0.1) is 4.90 Å². The van der Waals surface area contributed by atoms with E-state index in [1.54, 1.807) is 19.2 Å². The van der Waals surface area contributed by atoms with Crippen molar-refractivity contribution >= 4 is 32.4 Å². The normalized spacial score (nSPS) is 11.6. The highest BCUT2D eigenvalue weighted by Crippen LogP contribution is 2.23. The second-order valence-electron chi connectivity index (χ2n) is 6.51. The van der Waals surface area contributed by atoms with Crippen molar-refractivity contribution in [3.05, 3.63) is 76.3 Å². The number of thiazole rings is 1. The summed E-state index contributed by atoms with van der Waals surface area (Å²) >= 11 is 1.40. The maximum Gasteiger partial charge on any atom is 0.257 e. The van der Waals surface area contributed by atoms with Crippen LogP contribution in [0.4, 0.5) is 5.13 Å². The van der Waals surface area contributed by atoms with E-state index in [1.807, 2.05) is 30.3 Å². The van der Waals surface area contributed by atoms with Crippen molar-refractivity contribution in [1.29, 1.82) is 0 Å². The lowest BCUT2D eigenvalue weighted by molar-refractivity contribution is 0.102. The third kappa shape index (κ3) is 4.46. The zero-order chi connectivity index (χ0) is 20.3. The minimum atomic E-state index is -3.61. The van der Waals surface area contributed by atoms with Crippen LogP contribution in [0.1, 0.15) is 26.4 Å². The molecule has 28 heavy (non-hydrogen) atoms. The van der Waals surface area contributed by atoms with E-state index in [2.05, 4.69) is 10.3 Å². The van der Waals surface area contributed by atoms with Crippen LogP contribution < -0.4 is 5.32 Å². The number of nitrogens with one attached hydrogen (secondary N) is 1. The minimum Gasteiger partial charge on any atom is -0.298 e. The lowest BCUT2D eigenvalue weighted by Gasteiger charge is -2.13. The van der Waals surface area contributed by atoms with Crippen molar-refractivity contribution < 1.29 is 13.2 Å². The summed E-state index contributed by atoms with van der Waals surface area (Å²) in [4.78, 5) is 18.1. The topological polar surface area (TPSA) is 79.4 Å². The molecule has 1 N–H and O–H groups in total. The first kappa shape index (κ1) is 20.2. The van der Waals surface area contributed by atoms with Gasteiger partial charge in [0.1, 0.15) is 0 Å². The fourth-order valence-electron chi connectivity index (χ4n) is 2.63. The number of carbonyl (C=O) groups is 1. The summed E-state index contributed by atoms with van der Waals surface area (Å²) in [5.74, 6) is -0.381. The Hall–Kier alpha value is -2.55. The number of rotatable bonds is 6. The molecule has 3 aromatic rings. The van der Waals surface area contributed by atoms with Gasteiger partial charge in [0, 0.05) is 37.2 Å². The summed E-state index contributed by atoms with van der Waals surface area (Å²) in [5.41, 5.74) is 2.17. The highest BCUT2D eigenvalue weighted by atomic mass is 32.2. The number of aromatic nitrogens is 1. The molecule has 0 aliphatic rings. The van der Waals surface area contributed by atoms with Crippen molar-refractivity contribution in [3.8, 4) is 0 Å². The van der Waals surface area contributed by atoms with E-state index < -0.39 is 10.0 Å². The first-order valence-corrected chi connectivity index (χ1v) is 10.9. The smallest absolute Gasteiger partial charge is 0.257 e. The molecule has 1 amide bonds. The number of carbonyl (C=O) groups excluding carboxylic acids is 1. The van der Waals surface area contributed by atoms with Gasteiger partial charge in [0.25, 0.3) is 5.91 Å². The summed E-state index contributed by atoms with van der Waals surface area (Å²) in [6.07, 6.45) is 2.48. The predicted octanol–water partition coefficient (Wildman–Crippen LogP) is 3.54. The van der Waals surface area contributed by atoms with Gasteiger partial charge in [-0.15, -0.1) is 11.3 Å². The Morgan fingerprint density at radius 2 is 1.86 bits per heavy atom. The Balaban J connectivity index is 1.78. The van der Waals surface area contributed by atoms with Crippen LogP contribution in [0, 0.1) is 6.92 Å². The second-order valence-corrected chi connectivity index (χ2v) is 9.78. The predicted molar refractivity (Wildman–Crippen MR) is 111 cm³/mol. The molecule has 0 aliphatic carbocycles. The average molecular weight is 416 g/mol. The lowest BCUT2D eigenvalue weighted by atomic mass is 10.1. The van der Waals surface area contributed by atoms with Crippen LogP contribution in [0.3, 0.4) is 0 Å². The van der Waals surface area contributed by atoms with Gasteiger partial charge in [-0.05, 0) is 30.2 Å². The van der Waals surface area contributed by atoms with E-state index in [4.69, 9.17) is 0 Å². The molecule has 0 aliphatic heterocycles. The van der Waals surface area contributed by atoms with E-state index in [0.29, 0.717) is 16.3 Å². The van der Waals surface area contributed by atoms with E-state index in [1.165, 1.54) is 43.1 Å². The van der Waals surface area contributed by atoms with Gasteiger partial charge >= 0.3 is 0 Å². The van der Waals surface area contributed by atoms with Crippen LogP contribution in [0.2, 0.25) is 0 Å². The van der Waals surface area contributed by atoms with Crippen LogP contribution in [-0.4, -0.2) is 37.7 Å². The third-order valence-corrected chi connectivity index (χ3v) is 6.95. The molecule has 2 aromatic carbocycles. The molecule has 1 aromatic heterocycles. The third-order valence-electron chi connectivity index (χ3n) is 4.23. The molecule has 3 rings (SSSR count).